The normalized spacial score (nSPS) is 10.6. The maximum absolute atomic E-state index is 5.50. The fourth-order valence-electron chi connectivity index (χ4n) is 1.18. The van der Waals surface area contributed by atoms with Gasteiger partial charge in [-0.15, -0.1) is 0 Å². The lowest BCUT2D eigenvalue weighted by Crippen LogP contribution is -2.04. The van der Waals surface area contributed by atoms with Gasteiger partial charge >= 0.3 is 0 Å². The van der Waals surface area contributed by atoms with Crippen LogP contribution in [0, 0.1) is 0 Å². The lowest BCUT2D eigenvalue weighted by Gasteiger charge is -1.97. The Labute approximate surface area is 64.5 Å². The Kier molecular flexibility index (Phi) is 1.36. The molecule has 56 valence electrons. The quantitative estimate of drug-likeness (QED) is 0.652. The maximum atomic E-state index is 5.50. The van der Waals surface area contributed by atoms with E-state index in [1.54, 1.807) is 6.20 Å². The van der Waals surface area contributed by atoms with Crippen molar-refractivity contribution in [2.75, 3.05) is 0 Å². The third-order valence-electron chi connectivity index (χ3n) is 1.73. The van der Waals surface area contributed by atoms with E-state index in [0.717, 1.165) is 11.0 Å². The van der Waals surface area contributed by atoms with Crippen LogP contribution in [0.1, 0.15) is 0 Å². The van der Waals surface area contributed by atoms with Crippen molar-refractivity contribution in [3.05, 3.63) is 30.6 Å². The second-order valence-corrected chi connectivity index (χ2v) is 2.38. The van der Waals surface area contributed by atoms with Crippen LogP contribution in [0.3, 0.4) is 0 Å². The number of nitrogens with zero attached hydrogens (tertiary/aromatic N) is 2. The molecule has 0 fully saturated rings. The van der Waals surface area contributed by atoms with Crippen molar-refractivity contribution in [1.82, 2.24) is 9.55 Å². The molecule has 0 spiro atoms. The molecule has 0 amide bonds. The van der Waals surface area contributed by atoms with Gasteiger partial charge in [-0.2, -0.15) is 0 Å². The minimum atomic E-state index is 0.509. The lowest BCUT2D eigenvalue weighted by molar-refractivity contribution is 0.764. The Bertz CT molecular complexity index is 364. The van der Waals surface area contributed by atoms with Gasteiger partial charge in [-0.25, -0.2) is 0 Å². The molecule has 11 heavy (non-hydrogen) atoms. The smallest absolute Gasteiger partial charge is 0.0881 e. The third kappa shape index (κ3) is 0.897. The first-order valence-electron chi connectivity index (χ1n) is 3.52. The molecule has 0 aliphatic rings. The van der Waals surface area contributed by atoms with Crippen molar-refractivity contribution >= 4 is 11.0 Å². The van der Waals surface area contributed by atoms with Crippen LogP contribution in [0.2, 0.25) is 0 Å². The van der Waals surface area contributed by atoms with Crippen LogP contribution in [0.15, 0.2) is 30.6 Å². The summed E-state index contributed by atoms with van der Waals surface area (Å²) in [5.41, 5.74) is 7.59. The molecule has 0 saturated carbocycles. The van der Waals surface area contributed by atoms with Crippen LogP contribution in [0.5, 0.6) is 0 Å². The summed E-state index contributed by atoms with van der Waals surface area (Å²) in [6.45, 7) is 0.509. The molecule has 2 N–H and O–H groups in total. The average Bonchev–Trinajstić information content (AvgIpc) is 2.47. The molecule has 0 saturated heterocycles. The maximum Gasteiger partial charge on any atom is 0.0881 e. The number of aromatic nitrogens is 2. The van der Waals surface area contributed by atoms with E-state index in [9.17, 15) is 0 Å². The first-order chi connectivity index (χ1) is 5.42. The number of hydrogen-bond donors (Lipinski definition) is 1. The molecule has 0 atom stereocenters. The highest BCUT2D eigenvalue weighted by atomic mass is 15.0. The summed E-state index contributed by atoms with van der Waals surface area (Å²) in [5, 5.41) is 0. The predicted molar refractivity (Wildman–Crippen MR) is 43.9 cm³/mol. The van der Waals surface area contributed by atoms with Gasteiger partial charge in [0.1, 0.15) is 0 Å². The number of hydrogen-bond acceptors (Lipinski definition) is 2. The second kappa shape index (κ2) is 2.36. The van der Waals surface area contributed by atoms with E-state index in [2.05, 4.69) is 4.98 Å². The highest BCUT2D eigenvalue weighted by molar-refractivity contribution is 5.75. The Morgan fingerprint density at radius 2 is 2.36 bits per heavy atom. The van der Waals surface area contributed by atoms with Gasteiger partial charge in [0.25, 0.3) is 0 Å². The highest BCUT2D eigenvalue weighted by Crippen LogP contribution is 2.10. The predicted octanol–water partition coefficient (Wildman–Crippen LogP) is 0.952. The van der Waals surface area contributed by atoms with Gasteiger partial charge in [-0.3, -0.25) is 4.98 Å². The Hall–Kier alpha value is -1.35. The van der Waals surface area contributed by atoms with E-state index in [0.29, 0.717) is 6.67 Å². The molecule has 0 bridgehead atoms. The van der Waals surface area contributed by atoms with E-state index in [1.807, 2.05) is 29.0 Å². The van der Waals surface area contributed by atoms with E-state index in [4.69, 9.17) is 5.73 Å². The van der Waals surface area contributed by atoms with Gasteiger partial charge in [0.2, 0.25) is 0 Å². The Morgan fingerprint density at radius 3 is 3.18 bits per heavy atom. The van der Waals surface area contributed by atoms with Crippen LogP contribution >= 0.6 is 0 Å². The van der Waals surface area contributed by atoms with Crippen molar-refractivity contribution in [2.24, 2.45) is 5.73 Å². The van der Waals surface area contributed by atoms with E-state index in [-0.39, 0.29) is 0 Å². The van der Waals surface area contributed by atoms with Crippen molar-refractivity contribution in [2.45, 2.75) is 6.67 Å². The fourth-order valence-corrected chi connectivity index (χ4v) is 1.18. The standard InChI is InChI=1S/C8H9N3/c9-6-11-5-3-7-8(11)2-1-4-10-7/h1-5H,6,9H2. The molecule has 0 unspecified atom stereocenters. The molecule has 0 aliphatic heterocycles. The van der Waals surface area contributed by atoms with Crippen molar-refractivity contribution in [3.63, 3.8) is 0 Å². The Morgan fingerprint density at radius 1 is 1.45 bits per heavy atom. The molecule has 0 aromatic carbocycles. The third-order valence-corrected chi connectivity index (χ3v) is 1.73. The summed E-state index contributed by atoms with van der Waals surface area (Å²) in [5.74, 6) is 0. The zero-order valence-corrected chi connectivity index (χ0v) is 6.07. The molecule has 2 heterocycles. The largest absolute Gasteiger partial charge is 0.333 e. The fraction of sp³-hybridized carbons (Fsp3) is 0.125. The monoisotopic (exact) mass is 147 g/mol. The van der Waals surface area contributed by atoms with Gasteiger partial charge in [-0.1, -0.05) is 0 Å². The summed E-state index contributed by atoms with van der Waals surface area (Å²) < 4.78 is 1.96. The number of nitrogens with two attached hydrogens (primary N) is 1. The van der Waals surface area contributed by atoms with Gasteiger partial charge in [0, 0.05) is 12.4 Å². The Balaban J connectivity index is 2.76. The molecule has 2 aromatic rings. The zero-order valence-electron chi connectivity index (χ0n) is 6.07. The van der Waals surface area contributed by atoms with Crippen LogP contribution in [-0.2, 0) is 6.67 Å². The minimum Gasteiger partial charge on any atom is -0.333 e. The highest BCUT2D eigenvalue weighted by Gasteiger charge is 1.96. The second-order valence-electron chi connectivity index (χ2n) is 2.38. The summed E-state index contributed by atoms with van der Waals surface area (Å²) in [7, 11) is 0. The first kappa shape index (κ1) is 6.37. The molecular weight excluding hydrogens is 138 g/mol. The molecule has 0 aliphatic carbocycles. The van der Waals surface area contributed by atoms with Gasteiger partial charge < -0.3 is 10.3 Å². The van der Waals surface area contributed by atoms with E-state index in [1.165, 1.54) is 0 Å². The lowest BCUT2D eigenvalue weighted by atomic mass is 10.4. The van der Waals surface area contributed by atoms with Gasteiger partial charge in [0.15, 0.2) is 0 Å². The van der Waals surface area contributed by atoms with Gasteiger partial charge in [-0.05, 0) is 18.2 Å². The molecular formula is C8H9N3. The first-order valence-corrected chi connectivity index (χ1v) is 3.52. The molecule has 3 nitrogen and oxygen atoms in total. The molecule has 2 rings (SSSR count). The summed E-state index contributed by atoms with van der Waals surface area (Å²) >= 11 is 0. The van der Waals surface area contributed by atoms with Crippen LogP contribution in [-0.4, -0.2) is 9.55 Å². The van der Waals surface area contributed by atoms with Crippen LogP contribution < -0.4 is 5.73 Å². The average molecular weight is 147 g/mol. The van der Waals surface area contributed by atoms with Crippen molar-refractivity contribution in [1.29, 1.82) is 0 Å². The number of pyridine rings is 1. The van der Waals surface area contributed by atoms with E-state index >= 15 is 0 Å². The molecule has 0 radical (unpaired) electrons. The number of rotatable bonds is 1. The van der Waals surface area contributed by atoms with Gasteiger partial charge in [0.05, 0.1) is 17.7 Å². The topological polar surface area (TPSA) is 43.8 Å². The van der Waals surface area contributed by atoms with E-state index < -0.39 is 0 Å². The van der Waals surface area contributed by atoms with Crippen LogP contribution in [0.4, 0.5) is 0 Å². The molecule has 3 heteroatoms. The molecule has 2 aromatic heterocycles. The number of fused-ring (bicyclic) bond motifs is 1. The summed E-state index contributed by atoms with van der Waals surface area (Å²) in [6, 6.07) is 5.88. The SMILES string of the molecule is NCn1ccc2ncccc21. The van der Waals surface area contributed by atoms with Crippen LogP contribution in [0.25, 0.3) is 11.0 Å². The summed E-state index contributed by atoms with van der Waals surface area (Å²) in [4.78, 5) is 4.17. The van der Waals surface area contributed by atoms with Crippen molar-refractivity contribution < 1.29 is 0 Å². The van der Waals surface area contributed by atoms with Crippen molar-refractivity contribution in [3.8, 4) is 0 Å². The zero-order chi connectivity index (χ0) is 7.68. The minimum absolute atomic E-state index is 0.509. The summed E-state index contributed by atoms with van der Waals surface area (Å²) in [6.07, 6.45) is 3.72.